The van der Waals surface area contributed by atoms with Crippen LogP contribution in [0.3, 0.4) is 0 Å². The van der Waals surface area contributed by atoms with Gasteiger partial charge < -0.3 is 10.1 Å². The van der Waals surface area contributed by atoms with Gasteiger partial charge >= 0.3 is 0 Å². The molecule has 0 fully saturated rings. The Bertz CT molecular complexity index is 1630. The smallest absolute Gasteiger partial charge is 0.196 e. The number of fused-ring (bicyclic) bond motifs is 6. The molecule has 1 aliphatic rings. The molecule has 0 saturated heterocycles. The van der Waals surface area contributed by atoms with Crippen LogP contribution in [0.1, 0.15) is 11.8 Å². The number of hydrogen-bond donors (Lipinski definition) is 1. The van der Waals surface area contributed by atoms with E-state index in [0.717, 1.165) is 27.8 Å². The highest BCUT2D eigenvalue weighted by Gasteiger charge is 2.25. The van der Waals surface area contributed by atoms with Gasteiger partial charge in [-0.3, -0.25) is 0 Å². The summed E-state index contributed by atoms with van der Waals surface area (Å²) < 4.78 is 8.94. The van der Waals surface area contributed by atoms with Gasteiger partial charge in [0.2, 0.25) is 0 Å². The molecular weight excluding hydrogens is 410 g/mol. The van der Waals surface area contributed by atoms with Crippen LogP contribution in [0.5, 0.6) is 5.75 Å². The summed E-state index contributed by atoms with van der Waals surface area (Å²) in [7, 11) is 0. The number of benzene rings is 4. The molecule has 1 atom stereocenters. The van der Waals surface area contributed by atoms with Crippen LogP contribution in [0, 0.1) is 12.1 Å². The summed E-state index contributed by atoms with van der Waals surface area (Å²) in [6, 6.07) is 38.3. The number of ether oxygens (including phenoxy) is 1. The molecule has 0 aliphatic carbocycles. The quantitative estimate of drug-likeness (QED) is 0.302. The summed E-state index contributed by atoms with van der Waals surface area (Å²) in [5.41, 5.74) is 4.50. The highest BCUT2D eigenvalue weighted by molar-refractivity contribution is 7.26. The van der Waals surface area contributed by atoms with Gasteiger partial charge in [0, 0.05) is 26.6 Å². The fourth-order valence-electron chi connectivity index (χ4n) is 4.59. The summed E-state index contributed by atoms with van der Waals surface area (Å²) >= 11 is 1.82. The topological polar surface area (TPSA) is 21.3 Å². The first-order valence-corrected chi connectivity index (χ1v) is 11.5. The molecule has 0 bridgehead atoms. The monoisotopic (exact) mass is 427 g/mol. The molecule has 150 valence electrons. The van der Waals surface area contributed by atoms with Gasteiger partial charge in [-0.1, -0.05) is 78.9 Å². The van der Waals surface area contributed by atoms with Crippen molar-refractivity contribution in [2.24, 2.45) is 0 Å². The van der Waals surface area contributed by atoms with Crippen LogP contribution in [0.15, 0.2) is 91.0 Å². The third kappa shape index (κ3) is 2.60. The minimum absolute atomic E-state index is 0.172. The van der Waals surface area contributed by atoms with E-state index in [9.17, 15) is 0 Å². The third-order valence-corrected chi connectivity index (χ3v) is 7.37. The van der Waals surface area contributed by atoms with Crippen LogP contribution in [-0.4, -0.2) is 0 Å². The lowest BCUT2D eigenvalue weighted by Crippen LogP contribution is -2.09. The Labute approximate surface area is 189 Å². The van der Waals surface area contributed by atoms with E-state index in [-0.39, 0.29) is 6.23 Å². The highest BCUT2D eigenvalue weighted by Crippen LogP contribution is 2.45. The molecule has 1 N–H and O–H groups in total. The van der Waals surface area contributed by atoms with Gasteiger partial charge in [0.05, 0.1) is 15.8 Å². The Morgan fingerprint density at radius 2 is 1.69 bits per heavy atom. The van der Waals surface area contributed by atoms with E-state index >= 15 is 0 Å². The number of thiophene rings is 1. The fraction of sp³-hybridized carbons (Fsp3) is 0.0345. The summed E-state index contributed by atoms with van der Waals surface area (Å²) in [4.78, 5) is 0. The molecule has 1 unspecified atom stereocenters. The van der Waals surface area contributed by atoms with E-state index in [1.807, 2.05) is 35.6 Å². The van der Waals surface area contributed by atoms with Crippen LogP contribution in [0.4, 0.5) is 5.69 Å². The largest absolute Gasteiger partial charge is 0.464 e. The molecule has 2 heterocycles. The molecule has 7 rings (SSSR count). The van der Waals surface area contributed by atoms with Crippen molar-refractivity contribution in [2.45, 2.75) is 6.23 Å². The van der Waals surface area contributed by atoms with Gasteiger partial charge in [0.25, 0.3) is 0 Å². The lowest BCUT2D eigenvalue weighted by molar-refractivity contribution is 0.262. The molecule has 1 aromatic heterocycles. The molecule has 0 saturated carbocycles. The second-order valence-corrected chi connectivity index (χ2v) is 9.11. The highest BCUT2D eigenvalue weighted by atomic mass is 32.1. The van der Waals surface area contributed by atoms with Crippen LogP contribution >= 0.6 is 11.3 Å². The lowest BCUT2D eigenvalue weighted by Gasteiger charge is -2.11. The van der Waals surface area contributed by atoms with Crippen molar-refractivity contribution in [1.82, 2.24) is 0 Å². The second-order valence-electron chi connectivity index (χ2n) is 8.06. The van der Waals surface area contributed by atoms with E-state index in [1.165, 1.54) is 31.3 Å². The van der Waals surface area contributed by atoms with Crippen molar-refractivity contribution in [1.29, 1.82) is 0 Å². The number of nitrogens with one attached hydrogen (secondary N) is 1. The Morgan fingerprint density at radius 1 is 0.844 bits per heavy atom. The van der Waals surface area contributed by atoms with Crippen molar-refractivity contribution >= 4 is 48.0 Å². The van der Waals surface area contributed by atoms with E-state index in [2.05, 4.69) is 84.2 Å². The third-order valence-electron chi connectivity index (χ3n) is 6.16. The van der Waals surface area contributed by atoms with Crippen LogP contribution in [0.2, 0.25) is 0 Å². The summed E-state index contributed by atoms with van der Waals surface area (Å²) in [6.45, 7) is 0. The van der Waals surface area contributed by atoms with Crippen LogP contribution < -0.4 is 10.1 Å². The molecule has 0 radical (unpaired) electrons. The van der Waals surface area contributed by atoms with Gasteiger partial charge in [-0.25, -0.2) is 0 Å². The summed E-state index contributed by atoms with van der Waals surface area (Å²) in [5.74, 6) is 0.914. The zero-order chi connectivity index (χ0) is 21.1. The average Bonchev–Trinajstić information content (AvgIpc) is 3.46. The first kappa shape index (κ1) is 17.7. The molecule has 3 heteroatoms. The summed E-state index contributed by atoms with van der Waals surface area (Å²) in [6.07, 6.45) is -0.172. The van der Waals surface area contributed by atoms with Gasteiger partial charge in [0.1, 0.15) is 0 Å². The molecule has 0 amide bonds. The van der Waals surface area contributed by atoms with Crippen molar-refractivity contribution in [3.8, 4) is 16.9 Å². The molecule has 1 aliphatic heterocycles. The van der Waals surface area contributed by atoms with Gasteiger partial charge in [-0.15, -0.1) is 11.3 Å². The first-order valence-electron chi connectivity index (χ1n) is 10.6. The molecule has 32 heavy (non-hydrogen) atoms. The molecule has 5 aromatic carbocycles. The zero-order valence-corrected chi connectivity index (χ0v) is 17.9. The Kier molecular flexibility index (Phi) is 3.72. The molecular formula is C29H17NOS. The maximum absolute atomic E-state index is 6.41. The van der Waals surface area contributed by atoms with Gasteiger partial charge in [-0.05, 0) is 35.2 Å². The van der Waals surface area contributed by atoms with Crippen LogP contribution in [-0.2, 0) is 0 Å². The van der Waals surface area contributed by atoms with Crippen molar-refractivity contribution < 1.29 is 4.74 Å². The average molecular weight is 428 g/mol. The minimum atomic E-state index is -0.172. The van der Waals surface area contributed by atoms with E-state index in [0.29, 0.717) is 0 Å². The molecule has 6 aromatic rings. The standard InChI is InChI=1S/C29H17NOS/c1-2-7-19(8-3-1)29-30-25-16-15-18-13-14-20(17-24(18)27(25)31-29)21-10-6-11-23-22-9-4-5-12-26(22)32-28(21)23/h1-5,7-10,12-17,29-30H. The fourth-order valence-corrected chi connectivity index (χ4v) is 5.78. The van der Waals surface area contributed by atoms with E-state index < -0.39 is 0 Å². The first-order chi connectivity index (χ1) is 15.8. The number of anilines is 1. The van der Waals surface area contributed by atoms with Gasteiger partial charge in [-0.2, -0.15) is 0 Å². The predicted octanol–water partition coefficient (Wildman–Crippen LogP) is 7.98. The lowest BCUT2D eigenvalue weighted by atomic mass is 9.99. The maximum atomic E-state index is 6.41. The second kappa shape index (κ2) is 6.75. The van der Waals surface area contributed by atoms with Crippen LogP contribution in [0.25, 0.3) is 42.1 Å². The zero-order valence-electron chi connectivity index (χ0n) is 17.1. The van der Waals surface area contributed by atoms with Crippen molar-refractivity contribution in [3.05, 3.63) is 109 Å². The predicted molar refractivity (Wildman–Crippen MR) is 133 cm³/mol. The summed E-state index contributed by atoms with van der Waals surface area (Å²) in [5, 5.41) is 8.19. The minimum Gasteiger partial charge on any atom is -0.464 e. The maximum Gasteiger partial charge on any atom is 0.196 e. The molecule has 2 nitrogen and oxygen atoms in total. The SMILES string of the molecule is c1cc(-c2ccc3ccc4c(c3c2)OC(c2ccccc2)N4)c2sc3ccccc3c2c#1. The number of rotatable bonds is 2. The Hall–Kier alpha value is -4.00. The Balaban J connectivity index is 1.39. The Morgan fingerprint density at radius 3 is 2.62 bits per heavy atom. The van der Waals surface area contributed by atoms with E-state index in [1.54, 1.807) is 0 Å². The number of hydrogen-bond acceptors (Lipinski definition) is 3. The van der Waals surface area contributed by atoms with E-state index in [4.69, 9.17) is 4.74 Å². The normalized spacial score (nSPS) is 14.8. The van der Waals surface area contributed by atoms with Crippen molar-refractivity contribution in [2.75, 3.05) is 5.32 Å². The van der Waals surface area contributed by atoms with Crippen molar-refractivity contribution in [3.63, 3.8) is 0 Å². The van der Waals surface area contributed by atoms with Gasteiger partial charge in [0.15, 0.2) is 12.0 Å². The molecule has 0 spiro atoms.